The third-order valence-corrected chi connectivity index (χ3v) is 4.75. The lowest BCUT2D eigenvalue weighted by Crippen LogP contribution is -2.49. The summed E-state index contributed by atoms with van der Waals surface area (Å²) in [5.74, 6) is -6.19. The van der Waals surface area contributed by atoms with Crippen LogP contribution in [0.1, 0.15) is 11.1 Å². The Balaban J connectivity index is 2.58. The number of alkyl halides is 7. The van der Waals surface area contributed by atoms with E-state index in [1.54, 1.807) is 0 Å². The van der Waals surface area contributed by atoms with Crippen molar-refractivity contribution in [2.24, 2.45) is 0 Å². The second kappa shape index (κ2) is 6.96. The molecule has 2 aromatic rings. The summed E-state index contributed by atoms with van der Waals surface area (Å²) in [7, 11) is 0. The number of rotatable bonds is 4. The lowest BCUT2D eigenvalue weighted by Gasteiger charge is -2.28. The van der Waals surface area contributed by atoms with Crippen LogP contribution in [0.2, 0.25) is 5.02 Å². The zero-order chi connectivity index (χ0) is 19.9. The van der Waals surface area contributed by atoms with Crippen molar-refractivity contribution >= 4 is 23.4 Å². The number of benzene rings is 2. The minimum absolute atomic E-state index is 0.0925. The zero-order valence-electron chi connectivity index (χ0n) is 13.3. The molecule has 0 heterocycles. The Hall–Kier alpha value is -1.41. The van der Waals surface area contributed by atoms with E-state index >= 15 is 0 Å². The first kappa shape index (κ1) is 20.9. The Labute approximate surface area is 154 Å². The highest BCUT2D eigenvalue weighted by Crippen LogP contribution is 2.55. The van der Waals surface area contributed by atoms with Gasteiger partial charge in [0.2, 0.25) is 0 Å². The minimum Gasteiger partial charge on any atom is -0.188 e. The first-order valence-corrected chi connectivity index (χ1v) is 8.26. The van der Waals surface area contributed by atoms with Gasteiger partial charge in [0.05, 0.1) is 0 Å². The fourth-order valence-corrected chi connectivity index (χ4v) is 3.53. The van der Waals surface area contributed by atoms with Crippen LogP contribution in [-0.2, 0) is 0 Å². The fraction of sp³-hybridized carbons (Fsp3) is 0.294. The van der Waals surface area contributed by atoms with Crippen molar-refractivity contribution in [3.05, 3.63) is 52.5 Å². The monoisotopic (exact) mass is 415 g/mol. The van der Waals surface area contributed by atoms with E-state index in [2.05, 4.69) is 6.07 Å². The van der Waals surface area contributed by atoms with E-state index in [9.17, 15) is 30.7 Å². The van der Waals surface area contributed by atoms with Crippen molar-refractivity contribution in [3.63, 3.8) is 0 Å². The number of halogens is 8. The van der Waals surface area contributed by atoms with Crippen molar-refractivity contribution in [2.75, 3.05) is 0 Å². The Morgan fingerprint density at radius 1 is 0.923 bits per heavy atom. The molecule has 0 spiro atoms. The molecule has 2 rings (SSSR count). The molecule has 0 aliphatic rings. The molecule has 141 valence electrons. The number of aryl methyl sites for hydroxylation is 2. The summed E-state index contributed by atoms with van der Waals surface area (Å²) in [6.07, 6.45) is -6.38. The van der Waals surface area contributed by atoms with E-state index in [1.165, 1.54) is 38.1 Å². The molecule has 1 radical (unpaired) electrons. The van der Waals surface area contributed by atoms with Crippen molar-refractivity contribution < 1.29 is 30.7 Å². The molecule has 0 aromatic heterocycles. The summed E-state index contributed by atoms with van der Waals surface area (Å²) in [6.45, 7) is 2.98. The van der Waals surface area contributed by atoms with Crippen molar-refractivity contribution in [1.82, 2.24) is 0 Å². The Morgan fingerprint density at radius 2 is 1.46 bits per heavy atom. The molecular formula is C17H11ClF7S. The quantitative estimate of drug-likeness (QED) is 0.373. The van der Waals surface area contributed by atoms with Gasteiger partial charge in [-0.15, -0.1) is 0 Å². The van der Waals surface area contributed by atoms with E-state index in [0.717, 1.165) is 6.07 Å². The highest BCUT2D eigenvalue weighted by Gasteiger charge is 2.73. The zero-order valence-corrected chi connectivity index (χ0v) is 14.9. The fourth-order valence-electron chi connectivity index (χ4n) is 2.27. The van der Waals surface area contributed by atoms with Gasteiger partial charge in [-0.05, 0) is 72.1 Å². The van der Waals surface area contributed by atoms with Gasteiger partial charge in [0, 0.05) is 9.92 Å². The van der Waals surface area contributed by atoms with Gasteiger partial charge in [-0.3, -0.25) is 0 Å². The van der Waals surface area contributed by atoms with Crippen molar-refractivity contribution in [1.29, 1.82) is 0 Å². The van der Waals surface area contributed by atoms with E-state index in [1.807, 2.05) is 0 Å². The average Bonchev–Trinajstić information content (AvgIpc) is 2.46. The lowest BCUT2D eigenvalue weighted by atomic mass is 9.99. The molecule has 26 heavy (non-hydrogen) atoms. The lowest BCUT2D eigenvalue weighted by molar-refractivity contribution is -0.330. The van der Waals surface area contributed by atoms with Crippen molar-refractivity contribution in [2.45, 2.75) is 36.1 Å². The highest BCUT2D eigenvalue weighted by atomic mass is 35.5. The van der Waals surface area contributed by atoms with Gasteiger partial charge in [-0.2, -0.15) is 30.7 Å². The smallest absolute Gasteiger partial charge is 0.188 e. The van der Waals surface area contributed by atoms with Crippen LogP contribution in [0.25, 0.3) is 11.1 Å². The molecule has 0 unspecified atom stereocenters. The summed E-state index contributed by atoms with van der Waals surface area (Å²) < 4.78 is 91.4. The summed E-state index contributed by atoms with van der Waals surface area (Å²) in [5.41, 5.74) is 1.10. The first-order chi connectivity index (χ1) is 11.8. The normalized spacial score (nSPS) is 13.2. The third-order valence-electron chi connectivity index (χ3n) is 3.45. The van der Waals surface area contributed by atoms with Crippen LogP contribution in [0.4, 0.5) is 30.7 Å². The van der Waals surface area contributed by atoms with Crippen LogP contribution >= 0.6 is 23.4 Å². The van der Waals surface area contributed by atoms with Gasteiger partial charge >= 0.3 is 17.4 Å². The SMILES string of the molecule is Cc1[c]c(C)c(-c2ccc(Cl)cc2)c(SC(F)(F)C(F)(F)C(F)(F)F)c1. The van der Waals surface area contributed by atoms with Crippen LogP contribution in [0.3, 0.4) is 0 Å². The Morgan fingerprint density at radius 3 is 1.96 bits per heavy atom. The van der Waals surface area contributed by atoms with Crippen LogP contribution in [0.5, 0.6) is 0 Å². The predicted octanol–water partition coefficient (Wildman–Crippen LogP) is 7.31. The first-order valence-electron chi connectivity index (χ1n) is 7.07. The number of thioether (sulfide) groups is 1. The summed E-state index contributed by atoms with van der Waals surface area (Å²) in [6, 6.07) is 9.76. The highest BCUT2D eigenvalue weighted by molar-refractivity contribution is 8.00. The van der Waals surface area contributed by atoms with Gasteiger partial charge < -0.3 is 0 Å². The molecule has 2 aromatic carbocycles. The maximum atomic E-state index is 13.9. The molecule has 9 heteroatoms. The average molecular weight is 416 g/mol. The summed E-state index contributed by atoms with van der Waals surface area (Å²) in [5, 5.41) is -5.04. The Bertz CT molecular complexity index is 798. The van der Waals surface area contributed by atoms with Gasteiger partial charge in [-0.1, -0.05) is 23.7 Å². The second-order valence-electron chi connectivity index (χ2n) is 5.51. The van der Waals surface area contributed by atoms with Gasteiger partial charge in [0.1, 0.15) is 0 Å². The predicted molar refractivity (Wildman–Crippen MR) is 87.0 cm³/mol. The molecule has 0 atom stereocenters. The summed E-state index contributed by atoms with van der Waals surface area (Å²) >= 11 is 4.94. The van der Waals surface area contributed by atoms with Gasteiger partial charge in [0.25, 0.3) is 0 Å². The molecule has 0 aliphatic carbocycles. The van der Waals surface area contributed by atoms with E-state index in [0.29, 0.717) is 21.7 Å². The molecule has 0 saturated carbocycles. The molecular weight excluding hydrogens is 405 g/mol. The Kier molecular flexibility index (Phi) is 5.59. The van der Waals surface area contributed by atoms with E-state index in [-0.39, 0.29) is 5.56 Å². The third kappa shape index (κ3) is 3.96. The van der Waals surface area contributed by atoms with E-state index < -0.39 is 34.0 Å². The molecule has 0 fully saturated rings. The molecule has 0 N–H and O–H groups in total. The van der Waals surface area contributed by atoms with Crippen LogP contribution in [0.15, 0.2) is 35.2 Å². The number of hydrogen-bond donors (Lipinski definition) is 0. The molecule has 0 aliphatic heterocycles. The van der Waals surface area contributed by atoms with Gasteiger partial charge in [-0.25, -0.2) is 0 Å². The van der Waals surface area contributed by atoms with E-state index in [4.69, 9.17) is 11.6 Å². The van der Waals surface area contributed by atoms with Crippen LogP contribution in [0, 0.1) is 19.9 Å². The van der Waals surface area contributed by atoms with Crippen LogP contribution < -0.4 is 0 Å². The maximum absolute atomic E-state index is 13.9. The summed E-state index contributed by atoms with van der Waals surface area (Å²) in [4.78, 5) is -0.407. The molecule has 0 saturated heterocycles. The standard InChI is InChI=1S/C17H11ClF7S/c1-9-7-10(2)14(11-3-5-12(18)6-4-11)13(8-9)26-17(24,25)15(19,20)16(21,22)23/h3-6,8H,1-2H3. The maximum Gasteiger partial charge on any atom is 0.460 e. The minimum atomic E-state index is -6.38. The topological polar surface area (TPSA) is 0 Å². The number of hydrogen-bond acceptors (Lipinski definition) is 1. The largest absolute Gasteiger partial charge is 0.460 e. The molecule has 0 amide bonds. The van der Waals surface area contributed by atoms with Gasteiger partial charge in [0.15, 0.2) is 0 Å². The second-order valence-corrected chi connectivity index (χ2v) is 7.11. The van der Waals surface area contributed by atoms with Crippen molar-refractivity contribution in [3.8, 4) is 11.1 Å². The van der Waals surface area contributed by atoms with Crippen LogP contribution in [-0.4, -0.2) is 17.4 Å². The molecule has 0 nitrogen and oxygen atoms in total. The molecule has 0 bridgehead atoms.